The normalized spacial score (nSPS) is 16.5. The molecular weight excluding hydrogens is 353 g/mol. The first kappa shape index (κ1) is 16.0. The Balaban J connectivity index is 1.77. The van der Waals surface area contributed by atoms with Crippen LogP contribution in [0.25, 0.3) is 0 Å². The van der Waals surface area contributed by atoms with Gasteiger partial charge in [0.1, 0.15) is 0 Å². The molecule has 2 aromatic rings. The largest absolute Gasteiger partial charge is 0.442 e. The summed E-state index contributed by atoms with van der Waals surface area (Å²) in [6, 6.07) is 4.32. The van der Waals surface area contributed by atoms with Gasteiger partial charge in [0.25, 0.3) is 0 Å². The number of alkyl halides is 3. The van der Waals surface area contributed by atoms with Gasteiger partial charge in [-0.25, -0.2) is 17.5 Å². The Morgan fingerprint density at radius 3 is 2.30 bits per heavy atom. The highest BCUT2D eigenvalue weighted by molar-refractivity contribution is 7.89. The Morgan fingerprint density at radius 2 is 1.83 bits per heavy atom. The number of halogens is 3. The monoisotopic (exact) mass is 362 g/mol. The van der Waals surface area contributed by atoms with E-state index >= 15 is 0 Å². The molecule has 3 rings (SSSR count). The fourth-order valence-electron chi connectivity index (χ4n) is 1.88. The predicted octanol–water partition coefficient (Wildman–Crippen LogP) is 2.80. The average molecular weight is 362 g/mol. The van der Waals surface area contributed by atoms with E-state index < -0.39 is 21.9 Å². The molecule has 11 heteroatoms. The lowest BCUT2D eigenvalue weighted by molar-refractivity contribution is -0.166. The second-order valence-electron chi connectivity index (χ2n) is 4.75. The Kier molecular flexibility index (Phi) is 3.73. The number of benzene rings is 1. The highest BCUT2D eigenvalue weighted by Gasteiger charge is 2.65. The SMILES string of the molecule is O=S(=O)(NCc1cnsc1)c1ccc(C2(C(F)(F)F)N=N2)cc1. The molecule has 0 atom stereocenters. The molecule has 2 heterocycles. The van der Waals surface area contributed by atoms with Crippen LogP contribution in [0.1, 0.15) is 11.1 Å². The van der Waals surface area contributed by atoms with E-state index in [1.165, 1.54) is 17.7 Å². The Labute approximate surface area is 133 Å². The van der Waals surface area contributed by atoms with E-state index in [4.69, 9.17) is 0 Å². The van der Waals surface area contributed by atoms with Crippen molar-refractivity contribution in [2.75, 3.05) is 0 Å². The molecule has 0 unspecified atom stereocenters. The molecule has 0 saturated carbocycles. The third kappa shape index (κ3) is 2.99. The van der Waals surface area contributed by atoms with Crippen LogP contribution in [-0.2, 0) is 22.2 Å². The molecule has 1 aliphatic heterocycles. The quantitative estimate of drug-likeness (QED) is 0.888. The van der Waals surface area contributed by atoms with Gasteiger partial charge in [0, 0.05) is 23.7 Å². The second kappa shape index (κ2) is 5.35. The Hall–Kier alpha value is -1.85. The summed E-state index contributed by atoms with van der Waals surface area (Å²) in [5.74, 6) is 0. The topological polar surface area (TPSA) is 83.8 Å². The maximum absolute atomic E-state index is 12.9. The van der Waals surface area contributed by atoms with Crippen molar-refractivity contribution in [2.45, 2.75) is 23.3 Å². The van der Waals surface area contributed by atoms with Gasteiger partial charge in [0.05, 0.1) is 4.90 Å². The van der Waals surface area contributed by atoms with Crippen LogP contribution in [0.4, 0.5) is 13.2 Å². The lowest BCUT2D eigenvalue weighted by atomic mass is 10.0. The summed E-state index contributed by atoms with van der Waals surface area (Å²) in [6.45, 7) is 0.0533. The number of aromatic nitrogens is 1. The van der Waals surface area contributed by atoms with Crippen LogP contribution in [-0.4, -0.2) is 19.0 Å². The van der Waals surface area contributed by atoms with Crippen molar-refractivity contribution in [3.63, 3.8) is 0 Å². The summed E-state index contributed by atoms with van der Waals surface area (Å²) in [4.78, 5) is -0.137. The molecule has 1 aromatic carbocycles. The van der Waals surface area contributed by atoms with Crippen molar-refractivity contribution in [3.05, 3.63) is 47.0 Å². The first-order valence-electron chi connectivity index (χ1n) is 6.24. The first-order chi connectivity index (χ1) is 10.7. The number of nitrogens with one attached hydrogen (secondary N) is 1. The fourth-order valence-corrected chi connectivity index (χ4v) is 3.44. The zero-order valence-electron chi connectivity index (χ0n) is 11.3. The third-order valence-corrected chi connectivity index (χ3v) is 5.26. The maximum Gasteiger partial charge on any atom is 0.442 e. The minimum atomic E-state index is -4.64. The third-order valence-electron chi connectivity index (χ3n) is 3.21. The van der Waals surface area contributed by atoms with E-state index in [1.54, 1.807) is 5.38 Å². The molecule has 0 fully saturated rings. The van der Waals surface area contributed by atoms with E-state index in [2.05, 4.69) is 19.3 Å². The highest BCUT2D eigenvalue weighted by Crippen LogP contribution is 2.52. The zero-order chi connectivity index (χ0) is 16.7. The van der Waals surface area contributed by atoms with E-state index in [0.29, 0.717) is 5.56 Å². The van der Waals surface area contributed by atoms with Crippen molar-refractivity contribution in [2.24, 2.45) is 10.2 Å². The molecular formula is C12H9F3N4O2S2. The van der Waals surface area contributed by atoms with Gasteiger partial charge in [0.2, 0.25) is 10.0 Å². The lowest BCUT2D eigenvalue weighted by Gasteiger charge is -2.15. The molecule has 1 aromatic heterocycles. The van der Waals surface area contributed by atoms with Gasteiger partial charge >= 0.3 is 11.8 Å². The van der Waals surface area contributed by atoms with Crippen LogP contribution in [0.15, 0.2) is 51.0 Å². The second-order valence-corrected chi connectivity index (χ2v) is 7.18. The number of hydrogen-bond acceptors (Lipinski definition) is 6. The number of sulfonamides is 1. The van der Waals surface area contributed by atoms with Crippen LogP contribution in [0, 0.1) is 0 Å². The molecule has 0 aliphatic carbocycles. The van der Waals surface area contributed by atoms with Gasteiger partial charge in [-0.2, -0.15) is 13.2 Å². The van der Waals surface area contributed by atoms with Gasteiger partial charge in [-0.3, -0.25) is 0 Å². The van der Waals surface area contributed by atoms with E-state index in [1.807, 2.05) is 0 Å². The van der Waals surface area contributed by atoms with Crippen LogP contribution < -0.4 is 4.72 Å². The summed E-state index contributed by atoms with van der Waals surface area (Å²) in [5.41, 5.74) is -2.07. The number of rotatable bonds is 5. The molecule has 1 aliphatic rings. The first-order valence-corrected chi connectivity index (χ1v) is 8.56. The van der Waals surface area contributed by atoms with Gasteiger partial charge in [-0.1, -0.05) is 12.1 Å². The molecule has 23 heavy (non-hydrogen) atoms. The minimum absolute atomic E-state index is 0.0533. The number of nitrogens with zero attached hydrogens (tertiary/aromatic N) is 3. The molecule has 0 amide bonds. The van der Waals surface area contributed by atoms with Crippen LogP contribution in [0.5, 0.6) is 0 Å². The molecule has 0 spiro atoms. The van der Waals surface area contributed by atoms with Crippen molar-refractivity contribution in [1.82, 2.24) is 9.10 Å². The van der Waals surface area contributed by atoms with Gasteiger partial charge in [-0.15, -0.1) is 10.2 Å². The predicted molar refractivity (Wildman–Crippen MR) is 75.2 cm³/mol. The van der Waals surface area contributed by atoms with E-state index in [-0.39, 0.29) is 17.0 Å². The van der Waals surface area contributed by atoms with Gasteiger partial charge in [-0.05, 0) is 29.2 Å². The summed E-state index contributed by atoms with van der Waals surface area (Å²) in [6.07, 6.45) is -3.11. The molecule has 122 valence electrons. The van der Waals surface area contributed by atoms with E-state index in [9.17, 15) is 21.6 Å². The van der Waals surface area contributed by atoms with Gasteiger partial charge < -0.3 is 0 Å². The van der Waals surface area contributed by atoms with E-state index in [0.717, 1.165) is 24.3 Å². The number of hydrogen-bond donors (Lipinski definition) is 1. The smallest absolute Gasteiger partial charge is 0.207 e. The van der Waals surface area contributed by atoms with Crippen molar-refractivity contribution < 1.29 is 21.6 Å². The molecule has 0 radical (unpaired) electrons. The molecule has 0 bridgehead atoms. The molecule has 1 N–H and O–H groups in total. The van der Waals surface area contributed by atoms with Gasteiger partial charge in [0.15, 0.2) is 0 Å². The summed E-state index contributed by atoms with van der Waals surface area (Å²) in [5, 5.41) is 7.82. The Morgan fingerprint density at radius 1 is 1.17 bits per heavy atom. The van der Waals surface area contributed by atoms with Crippen LogP contribution >= 0.6 is 11.5 Å². The summed E-state index contributed by atoms with van der Waals surface area (Å²) in [7, 11) is -3.83. The fraction of sp³-hybridized carbons (Fsp3) is 0.250. The van der Waals surface area contributed by atoms with Crippen molar-refractivity contribution in [3.8, 4) is 0 Å². The summed E-state index contributed by atoms with van der Waals surface area (Å²) >= 11 is 1.19. The maximum atomic E-state index is 12.9. The standard InChI is InChI=1S/C12H9F3N4O2S2/c13-12(14,15)11(18-19-11)9-1-3-10(4-2-9)23(20,21)17-6-8-5-16-22-7-8/h1-5,7,17H,6H2. The Bertz CT molecular complexity index is 824. The molecule has 6 nitrogen and oxygen atoms in total. The minimum Gasteiger partial charge on any atom is -0.207 e. The lowest BCUT2D eigenvalue weighted by Crippen LogP contribution is -2.30. The van der Waals surface area contributed by atoms with Crippen molar-refractivity contribution in [1.29, 1.82) is 0 Å². The molecule has 0 saturated heterocycles. The highest BCUT2D eigenvalue weighted by atomic mass is 32.2. The summed E-state index contributed by atoms with van der Waals surface area (Å²) < 4.78 is 69.0. The van der Waals surface area contributed by atoms with Crippen LogP contribution in [0.2, 0.25) is 0 Å². The van der Waals surface area contributed by atoms with Crippen molar-refractivity contribution >= 4 is 21.6 Å². The van der Waals surface area contributed by atoms with Crippen LogP contribution in [0.3, 0.4) is 0 Å². The average Bonchev–Trinajstić information content (AvgIpc) is 3.16. The zero-order valence-corrected chi connectivity index (χ0v) is 12.9.